The van der Waals surface area contributed by atoms with Gasteiger partial charge in [0, 0.05) is 30.9 Å². The summed E-state index contributed by atoms with van der Waals surface area (Å²) in [4.78, 5) is 10.3. The van der Waals surface area contributed by atoms with Gasteiger partial charge in [0.2, 0.25) is 0 Å². The van der Waals surface area contributed by atoms with Crippen molar-refractivity contribution in [3.05, 3.63) is 39.9 Å². The van der Waals surface area contributed by atoms with Crippen LogP contribution in [0, 0.1) is 26.9 Å². The number of benzene rings is 1. The van der Waals surface area contributed by atoms with E-state index in [1.54, 1.807) is 19.2 Å². The van der Waals surface area contributed by atoms with Gasteiger partial charge in [0.15, 0.2) is 0 Å². The van der Waals surface area contributed by atoms with Crippen molar-refractivity contribution in [3.8, 4) is 0 Å². The number of non-ortho nitro benzene ring substituents is 1. The molecule has 3 rings (SSSR count). The van der Waals surface area contributed by atoms with Crippen LogP contribution in [0.4, 0.5) is 5.69 Å². The first kappa shape index (κ1) is 18.2. The average Bonchev–Trinajstić information content (AvgIpc) is 2.91. The van der Waals surface area contributed by atoms with Gasteiger partial charge in [0.05, 0.1) is 16.3 Å². The zero-order valence-corrected chi connectivity index (χ0v) is 15.8. The van der Waals surface area contributed by atoms with Gasteiger partial charge in [-0.1, -0.05) is 20.8 Å². The Balaban J connectivity index is 1.80. The first-order chi connectivity index (χ1) is 11.7. The van der Waals surface area contributed by atoms with Gasteiger partial charge in [-0.05, 0) is 41.9 Å². The Labute approximate surface area is 150 Å². The van der Waals surface area contributed by atoms with E-state index in [1.165, 1.54) is 18.3 Å². The molecular formula is C18H24N2O4S. The number of hydrogen-bond donors (Lipinski definition) is 0. The standard InChI is InChI=1S/C18H24N2O4S/c1-17(2)14-9-10-18(17,3)16(24-4)15(14)25(23)19-11-12-5-7-13(8-6-12)20(21)22/h5-8,11,14-16H,9-10H2,1-4H3/b19-11+/t14-,15-,16-,18+,25-/m1/s1. The zero-order chi connectivity index (χ0) is 18.4. The number of nitrogens with zero attached hydrogens (tertiary/aromatic N) is 2. The molecule has 5 atom stereocenters. The van der Waals surface area contributed by atoms with Crippen molar-refractivity contribution in [3.63, 3.8) is 0 Å². The maximum Gasteiger partial charge on any atom is 0.269 e. The average molecular weight is 364 g/mol. The number of hydrogen-bond acceptors (Lipinski definition) is 4. The second-order valence-corrected chi connectivity index (χ2v) is 9.07. The van der Waals surface area contributed by atoms with E-state index in [1.807, 2.05) is 0 Å². The van der Waals surface area contributed by atoms with E-state index < -0.39 is 15.9 Å². The highest BCUT2D eigenvalue weighted by atomic mass is 32.2. The predicted molar refractivity (Wildman–Crippen MR) is 98.0 cm³/mol. The Morgan fingerprint density at radius 1 is 1.32 bits per heavy atom. The second-order valence-electron chi connectivity index (χ2n) is 7.76. The quantitative estimate of drug-likeness (QED) is 0.455. The maximum absolute atomic E-state index is 12.9. The molecule has 0 unspecified atom stereocenters. The number of nitro benzene ring substituents is 1. The van der Waals surface area contributed by atoms with Gasteiger partial charge in [0.1, 0.15) is 11.0 Å². The summed E-state index contributed by atoms with van der Waals surface area (Å²) >= 11 is 0. The van der Waals surface area contributed by atoms with Gasteiger partial charge in [-0.2, -0.15) is 4.40 Å². The first-order valence-electron chi connectivity index (χ1n) is 8.44. The maximum atomic E-state index is 12.9. The Bertz CT molecular complexity index is 731. The summed E-state index contributed by atoms with van der Waals surface area (Å²) in [5.41, 5.74) is 0.800. The largest absolute Gasteiger partial charge is 0.380 e. The Morgan fingerprint density at radius 2 is 1.96 bits per heavy atom. The van der Waals surface area contributed by atoms with Crippen LogP contribution in [0.5, 0.6) is 0 Å². The highest BCUT2D eigenvalue weighted by Crippen LogP contribution is 2.67. The lowest BCUT2D eigenvalue weighted by atomic mass is 9.70. The van der Waals surface area contributed by atoms with Gasteiger partial charge in [-0.25, -0.2) is 4.21 Å². The van der Waals surface area contributed by atoms with Crippen LogP contribution in [0.2, 0.25) is 0 Å². The summed E-state index contributed by atoms with van der Waals surface area (Å²) < 4.78 is 22.9. The number of nitro groups is 1. The number of methoxy groups -OCH3 is 1. The van der Waals surface area contributed by atoms with Gasteiger partial charge in [0.25, 0.3) is 5.69 Å². The fourth-order valence-electron chi connectivity index (χ4n) is 4.72. The van der Waals surface area contributed by atoms with E-state index in [0.717, 1.165) is 12.8 Å². The third kappa shape index (κ3) is 2.73. The van der Waals surface area contributed by atoms with Crippen LogP contribution in [-0.4, -0.2) is 33.8 Å². The van der Waals surface area contributed by atoms with Crippen LogP contribution in [0.1, 0.15) is 39.2 Å². The molecule has 0 N–H and O–H groups in total. The lowest BCUT2D eigenvalue weighted by Gasteiger charge is -2.38. The Morgan fingerprint density at radius 3 is 2.52 bits per heavy atom. The minimum absolute atomic E-state index is 0.00955. The number of ether oxygens (including phenoxy) is 1. The highest BCUT2D eigenvalue weighted by molar-refractivity contribution is 7.84. The minimum atomic E-state index is -1.40. The summed E-state index contributed by atoms with van der Waals surface area (Å²) in [5, 5.41) is 10.6. The summed E-state index contributed by atoms with van der Waals surface area (Å²) in [6.45, 7) is 6.72. The van der Waals surface area contributed by atoms with Crippen LogP contribution in [-0.2, 0) is 15.7 Å². The molecule has 1 aromatic carbocycles. The molecule has 0 aliphatic heterocycles. The van der Waals surface area contributed by atoms with Crippen LogP contribution < -0.4 is 0 Å². The summed E-state index contributed by atoms with van der Waals surface area (Å²) in [5.74, 6) is 0.317. The molecule has 0 spiro atoms. The van der Waals surface area contributed by atoms with Crippen molar-refractivity contribution < 1.29 is 13.9 Å². The summed E-state index contributed by atoms with van der Waals surface area (Å²) in [7, 11) is 0.290. The lowest BCUT2D eigenvalue weighted by molar-refractivity contribution is -0.384. The minimum Gasteiger partial charge on any atom is -0.380 e. The van der Waals surface area contributed by atoms with Crippen molar-refractivity contribution >= 4 is 22.9 Å². The van der Waals surface area contributed by atoms with Crippen LogP contribution in [0.25, 0.3) is 0 Å². The topological polar surface area (TPSA) is 81.8 Å². The molecule has 2 aliphatic rings. The molecule has 0 saturated heterocycles. The SMILES string of the molecule is CO[C@@H]1[C@H]([S@@](=O)/N=C/c2ccc([N+](=O)[O-])cc2)[C@H]2CC[C@]1(C)C2(C)C. The van der Waals surface area contributed by atoms with Crippen molar-refractivity contribution in [2.45, 2.75) is 45.0 Å². The highest BCUT2D eigenvalue weighted by Gasteiger charge is 2.68. The smallest absolute Gasteiger partial charge is 0.269 e. The molecule has 25 heavy (non-hydrogen) atoms. The van der Waals surface area contributed by atoms with E-state index in [4.69, 9.17) is 4.74 Å². The Hall–Kier alpha value is -1.60. The predicted octanol–water partition coefficient (Wildman–Crippen LogP) is 3.52. The molecule has 0 aromatic heterocycles. The fraction of sp³-hybridized carbons (Fsp3) is 0.611. The molecule has 2 aliphatic carbocycles. The van der Waals surface area contributed by atoms with E-state index in [-0.39, 0.29) is 27.9 Å². The van der Waals surface area contributed by atoms with Crippen molar-refractivity contribution in [2.24, 2.45) is 21.1 Å². The van der Waals surface area contributed by atoms with Crippen molar-refractivity contribution in [2.75, 3.05) is 7.11 Å². The molecule has 2 saturated carbocycles. The number of rotatable bonds is 5. The van der Waals surface area contributed by atoms with Crippen molar-refractivity contribution in [1.29, 1.82) is 0 Å². The monoisotopic (exact) mass is 364 g/mol. The van der Waals surface area contributed by atoms with E-state index in [0.29, 0.717) is 11.5 Å². The second kappa shape index (κ2) is 6.29. The van der Waals surface area contributed by atoms with Gasteiger partial charge >= 0.3 is 0 Å². The molecule has 0 heterocycles. The first-order valence-corrected chi connectivity index (χ1v) is 9.61. The van der Waals surface area contributed by atoms with E-state index >= 15 is 0 Å². The summed E-state index contributed by atoms with van der Waals surface area (Å²) in [6, 6.07) is 6.06. The summed E-state index contributed by atoms with van der Waals surface area (Å²) in [6.07, 6.45) is 3.60. The molecule has 6 nitrogen and oxygen atoms in total. The van der Waals surface area contributed by atoms with Gasteiger partial charge < -0.3 is 4.74 Å². The third-order valence-corrected chi connectivity index (χ3v) is 7.95. The zero-order valence-electron chi connectivity index (χ0n) is 15.0. The third-order valence-electron chi connectivity index (χ3n) is 6.59. The van der Waals surface area contributed by atoms with E-state index in [2.05, 4.69) is 25.2 Å². The van der Waals surface area contributed by atoms with E-state index in [9.17, 15) is 14.3 Å². The molecule has 2 bridgehead atoms. The van der Waals surface area contributed by atoms with Gasteiger partial charge in [-0.15, -0.1) is 0 Å². The lowest BCUT2D eigenvalue weighted by Crippen LogP contribution is -2.42. The molecule has 1 aromatic rings. The molecule has 7 heteroatoms. The molecule has 0 amide bonds. The van der Waals surface area contributed by atoms with Gasteiger partial charge in [-0.3, -0.25) is 10.1 Å². The van der Waals surface area contributed by atoms with Crippen LogP contribution >= 0.6 is 0 Å². The Kier molecular flexibility index (Phi) is 4.58. The molecule has 136 valence electrons. The van der Waals surface area contributed by atoms with Crippen LogP contribution in [0.15, 0.2) is 28.7 Å². The fourth-order valence-corrected chi connectivity index (χ4v) is 6.47. The molecular weight excluding hydrogens is 340 g/mol. The molecule has 0 radical (unpaired) electrons. The van der Waals surface area contributed by atoms with Crippen LogP contribution in [0.3, 0.4) is 0 Å². The normalized spacial score (nSPS) is 34.5. The number of fused-ring (bicyclic) bond motifs is 2. The van der Waals surface area contributed by atoms with Crippen molar-refractivity contribution in [1.82, 2.24) is 0 Å². The molecule has 2 fully saturated rings.